The molecule has 774 valence electrons. The smallest absolute Gasteiger partial charge is 0.369 e. The topological polar surface area (TPSA) is 480 Å². The summed E-state index contributed by atoms with van der Waals surface area (Å²) in [6.07, 6.45) is 5.42. The highest BCUT2D eigenvalue weighted by Crippen LogP contribution is 2.30. The zero-order valence-corrected chi connectivity index (χ0v) is 91.3. The lowest BCUT2D eigenvalue weighted by molar-refractivity contribution is 0.299. The molecule has 0 aliphatic carbocycles. The van der Waals surface area contributed by atoms with Crippen LogP contribution < -0.4 is 68.8 Å². The van der Waals surface area contributed by atoms with Crippen LogP contribution in [0.4, 0.5) is 34.1 Å². The Hall–Kier alpha value is -12.8. The first-order valence-electron chi connectivity index (χ1n) is 47.7. The quantitative estimate of drug-likeness (QED) is 0.0147. The summed E-state index contributed by atoms with van der Waals surface area (Å²) in [4.78, 5) is 64.8. The Morgan fingerprint density at radius 3 is 0.389 bits per heavy atom. The van der Waals surface area contributed by atoms with Crippen LogP contribution in [0.15, 0.2) is 278 Å². The van der Waals surface area contributed by atoms with Gasteiger partial charge in [0.1, 0.15) is 0 Å². The Kier molecular flexibility index (Phi) is 45.8. The predicted molar refractivity (Wildman–Crippen MR) is 619 cm³/mol. The molecule has 0 aromatic heterocycles. The van der Waals surface area contributed by atoms with E-state index < -0.39 is 0 Å². The van der Waals surface area contributed by atoms with Gasteiger partial charge in [0.2, 0.25) is 35.8 Å². The number of nitrogens with zero attached hydrogens (tertiary/aromatic N) is 18. The van der Waals surface area contributed by atoms with Gasteiger partial charge in [-0.15, -0.1) is 0 Å². The molecule has 0 aliphatic heterocycles. The van der Waals surface area contributed by atoms with Crippen molar-refractivity contribution in [3.63, 3.8) is 0 Å². The van der Waals surface area contributed by atoms with Gasteiger partial charge >= 0.3 is 8.56 Å². The molecule has 0 aliphatic rings. The molecule has 0 unspecified atom stereocenters. The molecular weight excluding hydrogens is 1930 g/mol. The number of benzene rings is 9. The standard InChI is InChI=1S/3C36H50Cl2N10/c3*1-35(2,3)19-21-47(33(41)45-31(39)43-29-15-11-27(37)12-16-29)23-25-7-9-26(10-8-25)24-48(22-20-36(4,5)6)34(42)46-32(40)44-30-17-13-28(38)14-18-30/h3*7-18H,19-24H2,1-6H3,(H4,39,41,43,45)(H4,40,42,44,46)/p+6. The summed E-state index contributed by atoms with van der Waals surface area (Å²) < 4.78 is 0. The van der Waals surface area contributed by atoms with Gasteiger partial charge in [-0.25, -0.2) is 30.0 Å². The molecule has 0 radical (unpaired) electrons. The normalized spacial score (nSPS) is 13.5. The molecular formula is C108H156Cl6N30+6. The number of nitrogens with two attached hydrogens (primary N) is 12. The van der Waals surface area contributed by atoms with Gasteiger partial charge in [0.15, 0.2) is 35.8 Å². The maximum absolute atomic E-state index is 6.50. The van der Waals surface area contributed by atoms with E-state index in [0.717, 1.165) is 71.9 Å². The third kappa shape index (κ3) is 48.5. The van der Waals surface area contributed by atoms with E-state index in [4.69, 9.17) is 138 Å². The minimum atomic E-state index is 0. The van der Waals surface area contributed by atoms with Crippen molar-refractivity contribution in [1.29, 1.82) is 0 Å². The fourth-order valence-electron chi connectivity index (χ4n) is 13.2. The van der Waals surface area contributed by atoms with E-state index in [2.05, 4.69) is 257 Å². The van der Waals surface area contributed by atoms with Gasteiger partial charge in [-0.1, -0.05) is 267 Å². The van der Waals surface area contributed by atoms with E-state index in [0.29, 0.717) is 179 Å². The van der Waals surface area contributed by atoms with Gasteiger partial charge in [0, 0.05) is 109 Å². The Labute approximate surface area is 892 Å². The highest BCUT2D eigenvalue weighted by atomic mass is 35.5. The summed E-state index contributed by atoms with van der Waals surface area (Å²) >= 11 is 35.9. The number of rotatable bonds is 30. The monoisotopic (exact) mass is 2080 g/mol. The maximum Gasteiger partial charge on any atom is 1.00 e. The largest absolute Gasteiger partial charge is 1.00 e. The van der Waals surface area contributed by atoms with Crippen LogP contribution in [0.5, 0.6) is 0 Å². The number of hydrogen-bond acceptors (Lipinski definition) is 6. The third-order valence-corrected chi connectivity index (χ3v) is 23.4. The Balaban J connectivity index is 0.00000110. The molecule has 144 heavy (non-hydrogen) atoms. The second kappa shape index (κ2) is 55.9. The zero-order valence-electron chi connectivity index (χ0n) is 92.8. The zero-order chi connectivity index (χ0) is 106. The number of halogens is 6. The molecule has 9 rings (SSSR count). The number of guanidine groups is 12. The molecule has 9 aromatic rings. The molecule has 36 heteroatoms. The Morgan fingerprint density at radius 1 is 0.188 bits per heavy atom. The minimum absolute atomic E-state index is 0. The first kappa shape index (κ1) is 118. The molecule has 0 amide bonds. The molecule has 0 heterocycles. The van der Waals surface area contributed by atoms with E-state index in [1.54, 1.807) is 146 Å². The molecule has 0 bridgehead atoms. The first-order chi connectivity index (χ1) is 67.4. The van der Waals surface area contributed by atoms with E-state index in [1.165, 1.54) is 0 Å². The average Bonchev–Trinajstić information content (AvgIpc) is 0.855. The molecule has 0 atom stereocenters. The van der Waals surface area contributed by atoms with Crippen molar-refractivity contribution < 1.29 is 8.56 Å². The van der Waals surface area contributed by atoms with Gasteiger partial charge in [0.25, 0.3) is 0 Å². The van der Waals surface area contributed by atoms with Gasteiger partial charge in [-0.3, -0.25) is 0 Å². The Bertz CT molecular complexity index is 5000. The summed E-state index contributed by atoms with van der Waals surface area (Å²) in [6, 6.07) is 67.3. The lowest BCUT2D eigenvalue weighted by Crippen LogP contribution is -2.40. The van der Waals surface area contributed by atoms with Gasteiger partial charge in [-0.2, -0.15) is 30.0 Å². The number of aliphatic imine (C=N–C) groups is 12. The van der Waals surface area contributed by atoms with Crippen LogP contribution in [-0.2, 0) is 39.3 Å². The van der Waals surface area contributed by atoms with Crippen molar-refractivity contribution in [2.45, 2.75) is 202 Å². The van der Waals surface area contributed by atoms with Crippen LogP contribution in [0.2, 0.25) is 30.1 Å². The van der Waals surface area contributed by atoms with Crippen LogP contribution in [0.25, 0.3) is 0 Å². The van der Waals surface area contributed by atoms with Gasteiger partial charge < -0.3 is 98.2 Å². The average molecular weight is 2090 g/mol. The van der Waals surface area contributed by atoms with Gasteiger partial charge in [0.05, 0.1) is 34.1 Å². The first-order valence-corrected chi connectivity index (χ1v) is 50.0. The summed E-state index contributed by atoms with van der Waals surface area (Å²) in [5.74, 6) is 2.21. The summed E-state index contributed by atoms with van der Waals surface area (Å²) in [7, 11) is 0. The van der Waals surface area contributed by atoms with Crippen LogP contribution in [0.1, 0.15) is 205 Å². The van der Waals surface area contributed by atoms with E-state index in [9.17, 15) is 0 Å². The highest BCUT2D eigenvalue weighted by Gasteiger charge is 2.25. The molecule has 24 N–H and O–H groups in total. The Morgan fingerprint density at radius 2 is 0.292 bits per heavy atom. The van der Waals surface area contributed by atoms with Crippen molar-refractivity contribution in [3.05, 3.63) is 282 Å². The predicted octanol–water partition coefficient (Wildman–Crippen LogP) is 22.9. The van der Waals surface area contributed by atoms with E-state index >= 15 is 0 Å². The second-order valence-corrected chi connectivity index (χ2v) is 45.0. The van der Waals surface area contributed by atoms with Crippen molar-refractivity contribution >= 4 is 175 Å². The SMILES string of the molecule is CC(C)(C)CCN(Cc1ccc(CN(CCC(C)(C)C)C(N)=NC(N)=Nc2ccc(Cl)cc2)cc1)C(N)=NC(N)=Nc1ccc(Cl)cc1.CC(C)(C)CCN(Cc1ccc(CN(CCC(C)(C)C)C(N)=NC(N)=Nc2ccc(Cl)cc2)cc1)C(N)=NC(N)=Nc1ccc(Cl)cc1.CC(C)(C)CCN(Cc1ccc(CN(CCC(C)(C)C)C(N)=NC(N)=Nc2ccc(Cl)cc2)cc1)C(N)=NC(N)=Nc1ccc(Cl)cc1.[H+].[H+].[H+].[H+].[H+].[H+]. The molecule has 0 spiro atoms. The van der Waals surface area contributed by atoms with E-state index in [1.807, 2.05) is 29.4 Å². The fraction of sp³-hybridized carbons (Fsp3) is 0.389. The van der Waals surface area contributed by atoms with Crippen molar-refractivity contribution in [2.75, 3.05) is 39.3 Å². The molecule has 9 aromatic carbocycles. The lowest BCUT2D eigenvalue weighted by Gasteiger charge is -2.28. The maximum atomic E-state index is 6.50. The van der Waals surface area contributed by atoms with Crippen molar-refractivity contribution in [3.8, 4) is 0 Å². The van der Waals surface area contributed by atoms with Crippen molar-refractivity contribution in [1.82, 2.24) is 29.4 Å². The van der Waals surface area contributed by atoms with Crippen LogP contribution in [0.3, 0.4) is 0 Å². The molecule has 0 fully saturated rings. The molecule has 30 nitrogen and oxygen atoms in total. The third-order valence-electron chi connectivity index (χ3n) is 21.8. The minimum Gasteiger partial charge on any atom is -0.369 e. The van der Waals surface area contributed by atoms with Crippen LogP contribution in [-0.4, -0.2) is 140 Å². The van der Waals surface area contributed by atoms with Crippen molar-refractivity contribution in [2.24, 2.45) is 161 Å². The molecule has 0 saturated heterocycles. The van der Waals surface area contributed by atoms with Crippen LogP contribution >= 0.6 is 69.6 Å². The highest BCUT2D eigenvalue weighted by molar-refractivity contribution is 6.32. The van der Waals surface area contributed by atoms with E-state index in [-0.39, 0.29) is 76.8 Å². The van der Waals surface area contributed by atoms with Crippen LogP contribution in [0, 0.1) is 32.5 Å². The molecule has 0 saturated carbocycles. The summed E-state index contributed by atoms with van der Waals surface area (Å²) in [6.45, 7) is 47.0. The number of hydrogen-bond donors (Lipinski definition) is 12. The summed E-state index contributed by atoms with van der Waals surface area (Å²) in [5, 5.41) is 3.71. The van der Waals surface area contributed by atoms with Gasteiger partial charge in [-0.05, 0) is 250 Å². The fourth-order valence-corrected chi connectivity index (χ4v) is 14.0. The second-order valence-electron chi connectivity index (χ2n) is 42.3. The summed E-state index contributed by atoms with van der Waals surface area (Å²) in [5.41, 5.74) is 86.8. The lowest BCUT2D eigenvalue weighted by atomic mass is 9.92.